The number of rotatable bonds is 2. The van der Waals surface area contributed by atoms with Gasteiger partial charge in [-0.1, -0.05) is 18.2 Å². The zero-order valence-electron chi connectivity index (χ0n) is 11.1. The summed E-state index contributed by atoms with van der Waals surface area (Å²) in [4.78, 5) is 17.5. The molecule has 0 saturated carbocycles. The molecule has 1 atom stereocenters. The Morgan fingerprint density at radius 1 is 1.47 bits per heavy atom. The van der Waals surface area contributed by atoms with E-state index >= 15 is 0 Å². The van der Waals surface area contributed by atoms with Crippen LogP contribution < -0.4 is 5.73 Å². The number of carbonyl (C=O) groups excluding carboxylic acids is 1. The summed E-state index contributed by atoms with van der Waals surface area (Å²) in [5, 5.41) is 1.23. The van der Waals surface area contributed by atoms with Crippen molar-refractivity contribution in [2.45, 2.75) is 32.4 Å². The van der Waals surface area contributed by atoms with Crippen molar-refractivity contribution in [3.63, 3.8) is 0 Å². The van der Waals surface area contributed by atoms with Gasteiger partial charge < -0.3 is 15.6 Å². The predicted octanol–water partition coefficient (Wildman–Crippen LogP) is 1.79. The highest BCUT2D eigenvalue weighted by atomic mass is 16.2. The molecule has 3 N–H and O–H groups in total. The van der Waals surface area contributed by atoms with Gasteiger partial charge in [0.25, 0.3) is 0 Å². The lowest BCUT2D eigenvalue weighted by Crippen LogP contribution is -2.38. The van der Waals surface area contributed by atoms with Crippen LogP contribution in [0.2, 0.25) is 0 Å². The van der Waals surface area contributed by atoms with E-state index in [-0.39, 0.29) is 11.9 Å². The van der Waals surface area contributed by atoms with Crippen molar-refractivity contribution >= 4 is 16.8 Å². The van der Waals surface area contributed by atoms with Crippen LogP contribution in [0.3, 0.4) is 0 Å². The number of fused-ring (bicyclic) bond motifs is 3. The first-order valence-corrected chi connectivity index (χ1v) is 6.77. The van der Waals surface area contributed by atoms with E-state index in [1.165, 1.54) is 16.6 Å². The Balaban J connectivity index is 1.88. The first kappa shape index (κ1) is 12.2. The zero-order chi connectivity index (χ0) is 13.4. The Hall–Kier alpha value is -1.81. The molecule has 1 aromatic heterocycles. The van der Waals surface area contributed by atoms with Gasteiger partial charge in [-0.05, 0) is 13.0 Å². The first-order chi connectivity index (χ1) is 9.15. The molecule has 0 bridgehead atoms. The summed E-state index contributed by atoms with van der Waals surface area (Å²) in [5.41, 5.74) is 9.41. The minimum absolute atomic E-state index is 0.0723. The fourth-order valence-corrected chi connectivity index (χ4v) is 2.78. The number of nitrogens with one attached hydrogen (secondary N) is 1. The van der Waals surface area contributed by atoms with E-state index in [0.29, 0.717) is 13.0 Å². The van der Waals surface area contributed by atoms with Crippen molar-refractivity contribution in [2.24, 2.45) is 5.73 Å². The van der Waals surface area contributed by atoms with Crippen LogP contribution in [0.5, 0.6) is 0 Å². The quantitative estimate of drug-likeness (QED) is 0.861. The molecular formula is C15H19N3O. The van der Waals surface area contributed by atoms with Gasteiger partial charge in [-0.3, -0.25) is 4.79 Å². The van der Waals surface area contributed by atoms with Crippen LogP contribution in [0, 0.1) is 0 Å². The molecule has 0 spiro atoms. The second kappa shape index (κ2) is 4.70. The Labute approximate surface area is 112 Å². The van der Waals surface area contributed by atoms with Crippen molar-refractivity contribution in [3.05, 3.63) is 35.5 Å². The van der Waals surface area contributed by atoms with E-state index in [0.717, 1.165) is 18.5 Å². The van der Waals surface area contributed by atoms with E-state index in [9.17, 15) is 4.79 Å². The Morgan fingerprint density at radius 3 is 3.05 bits per heavy atom. The van der Waals surface area contributed by atoms with Crippen molar-refractivity contribution in [1.82, 2.24) is 9.88 Å². The van der Waals surface area contributed by atoms with Gasteiger partial charge in [-0.2, -0.15) is 0 Å². The van der Waals surface area contributed by atoms with E-state index < -0.39 is 0 Å². The molecule has 0 radical (unpaired) electrons. The molecule has 1 unspecified atom stereocenters. The molecule has 1 aromatic carbocycles. The third kappa shape index (κ3) is 2.24. The number of hydrogen-bond acceptors (Lipinski definition) is 2. The fraction of sp³-hybridized carbons (Fsp3) is 0.400. The van der Waals surface area contributed by atoms with Crippen molar-refractivity contribution in [1.29, 1.82) is 0 Å². The lowest BCUT2D eigenvalue weighted by molar-refractivity contribution is -0.132. The molecule has 4 heteroatoms. The molecule has 100 valence electrons. The summed E-state index contributed by atoms with van der Waals surface area (Å²) >= 11 is 0. The van der Waals surface area contributed by atoms with Crippen LogP contribution in [0.1, 0.15) is 24.6 Å². The van der Waals surface area contributed by atoms with Gasteiger partial charge in [-0.25, -0.2) is 0 Å². The topological polar surface area (TPSA) is 62.1 Å². The van der Waals surface area contributed by atoms with Gasteiger partial charge in [0.1, 0.15) is 0 Å². The molecule has 1 aliphatic rings. The van der Waals surface area contributed by atoms with Gasteiger partial charge in [0.05, 0.1) is 0 Å². The van der Waals surface area contributed by atoms with Crippen LogP contribution in [-0.4, -0.2) is 28.4 Å². The summed E-state index contributed by atoms with van der Waals surface area (Å²) in [5.74, 6) is 0.158. The minimum atomic E-state index is -0.0723. The number of carbonyl (C=O) groups is 1. The number of amides is 1. The van der Waals surface area contributed by atoms with Gasteiger partial charge in [0.2, 0.25) is 5.91 Å². The van der Waals surface area contributed by atoms with Gasteiger partial charge in [-0.15, -0.1) is 0 Å². The third-order valence-electron chi connectivity index (χ3n) is 3.73. The number of benzene rings is 1. The largest absolute Gasteiger partial charge is 0.358 e. The van der Waals surface area contributed by atoms with E-state index in [1.807, 2.05) is 24.0 Å². The fourth-order valence-electron chi connectivity index (χ4n) is 2.78. The van der Waals surface area contributed by atoms with E-state index in [1.54, 1.807) is 0 Å². The van der Waals surface area contributed by atoms with Crippen LogP contribution in [0.15, 0.2) is 24.3 Å². The predicted molar refractivity (Wildman–Crippen MR) is 75.7 cm³/mol. The summed E-state index contributed by atoms with van der Waals surface area (Å²) in [6, 6.07) is 8.20. The summed E-state index contributed by atoms with van der Waals surface area (Å²) in [7, 11) is 0. The number of nitrogens with two attached hydrogens (primary N) is 1. The van der Waals surface area contributed by atoms with E-state index in [2.05, 4.69) is 17.1 Å². The smallest absolute Gasteiger partial charge is 0.224 e. The maximum Gasteiger partial charge on any atom is 0.224 e. The molecule has 4 nitrogen and oxygen atoms in total. The molecule has 0 saturated heterocycles. The molecule has 19 heavy (non-hydrogen) atoms. The van der Waals surface area contributed by atoms with Crippen LogP contribution in [-0.2, 0) is 17.8 Å². The third-order valence-corrected chi connectivity index (χ3v) is 3.73. The van der Waals surface area contributed by atoms with Crippen molar-refractivity contribution in [3.8, 4) is 0 Å². The lowest BCUT2D eigenvalue weighted by Gasteiger charge is -2.28. The number of aromatic nitrogens is 1. The van der Waals surface area contributed by atoms with Crippen LogP contribution >= 0.6 is 0 Å². The average molecular weight is 257 g/mol. The van der Waals surface area contributed by atoms with Crippen molar-refractivity contribution in [2.75, 3.05) is 6.54 Å². The first-order valence-electron chi connectivity index (χ1n) is 6.77. The number of aromatic amines is 1. The van der Waals surface area contributed by atoms with Crippen molar-refractivity contribution < 1.29 is 4.79 Å². The Kier molecular flexibility index (Phi) is 3.03. The van der Waals surface area contributed by atoms with Gasteiger partial charge >= 0.3 is 0 Å². The van der Waals surface area contributed by atoms with Gasteiger partial charge in [0.15, 0.2) is 0 Å². The second-order valence-electron chi connectivity index (χ2n) is 5.37. The van der Waals surface area contributed by atoms with Crippen LogP contribution in [0.25, 0.3) is 10.9 Å². The molecule has 0 aliphatic carbocycles. The number of hydrogen-bond donors (Lipinski definition) is 2. The number of H-pyrrole nitrogens is 1. The normalized spacial score (nSPS) is 16.4. The second-order valence-corrected chi connectivity index (χ2v) is 5.37. The maximum absolute atomic E-state index is 12.1. The van der Waals surface area contributed by atoms with Crippen LogP contribution in [0.4, 0.5) is 0 Å². The lowest BCUT2D eigenvalue weighted by atomic mass is 10.0. The molecular weight excluding hydrogens is 238 g/mol. The average Bonchev–Trinajstić information content (AvgIpc) is 2.75. The molecule has 2 heterocycles. The maximum atomic E-state index is 12.1. The molecule has 0 fully saturated rings. The highest BCUT2D eigenvalue weighted by molar-refractivity contribution is 5.86. The Morgan fingerprint density at radius 2 is 2.26 bits per heavy atom. The zero-order valence-corrected chi connectivity index (χ0v) is 11.1. The highest BCUT2D eigenvalue weighted by Crippen LogP contribution is 2.27. The number of nitrogens with zero attached hydrogens (tertiary/aromatic N) is 1. The van der Waals surface area contributed by atoms with Gasteiger partial charge in [0, 0.05) is 54.1 Å². The number of para-hydroxylation sites is 1. The van der Waals surface area contributed by atoms with E-state index in [4.69, 9.17) is 5.73 Å². The SMILES string of the molecule is CC(N)CC(=O)N1CCc2[nH]c3ccccc3c2C1. The summed E-state index contributed by atoms with van der Waals surface area (Å²) in [6.07, 6.45) is 1.33. The molecule has 1 amide bonds. The standard InChI is InChI=1S/C15H19N3O/c1-10(16)8-15(19)18-7-6-14-12(9-18)11-4-2-3-5-13(11)17-14/h2-5,10,17H,6-9,16H2,1H3. The monoisotopic (exact) mass is 257 g/mol. The molecule has 2 aromatic rings. The summed E-state index contributed by atoms with van der Waals surface area (Å²) < 4.78 is 0. The summed E-state index contributed by atoms with van der Waals surface area (Å²) in [6.45, 7) is 3.36. The molecule has 3 rings (SSSR count). The molecule has 1 aliphatic heterocycles. The minimum Gasteiger partial charge on any atom is -0.358 e. The Bertz CT molecular complexity index is 615. The highest BCUT2D eigenvalue weighted by Gasteiger charge is 2.24.